The minimum Gasteiger partial charge on any atom is -0.375 e. The van der Waals surface area contributed by atoms with E-state index in [1.54, 1.807) is 0 Å². The third kappa shape index (κ3) is 11.0. The Morgan fingerprint density at radius 1 is 1.15 bits per heavy atom. The number of hydrogen-bond acceptors (Lipinski definition) is 2. The molecule has 0 heterocycles. The normalized spacial score (nSPS) is 8.69. The fourth-order valence-corrected chi connectivity index (χ4v) is 1.11. The molecular weight excluding hydrogens is 164 g/mol. The van der Waals surface area contributed by atoms with Crippen molar-refractivity contribution in [3.05, 3.63) is 0 Å². The summed E-state index contributed by atoms with van der Waals surface area (Å²) < 4.78 is 4.24. The first-order valence-corrected chi connectivity index (χ1v) is 4.99. The molecular formula is C11H18O2. The lowest BCUT2D eigenvalue weighted by molar-refractivity contribution is -0.122. The van der Waals surface area contributed by atoms with Crippen LogP contribution >= 0.6 is 0 Å². The number of carbonyl (C=O) groups is 1. The molecule has 13 heavy (non-hydrogen) atoms. The van der Waals surface area contributed by atoms with E-state index in [2.05, 4.69) is 23.7 Å². The zero-order chi connectivity index (χ0) is 9.78. The molecule has 0 atom stereocenters. The van der Waals surface area contributed by atoms with Crippen LogP contribution in [0.4, 0.5) is 0 Å². The molecule has 0 N–H and O–H groups in total. The molecule has 0 unspecified atom stereocenters. The molecule has 0 aliphatic carbocycles. The Bertz CT molecular complexity index is 165. The van der Waals surface area contributed by atoms with Crippen LogP contribution < -0.4 is 0 Å². The zero-order valence-corrected chi connectivity index (χ0v) is 8.34. The molecule has 0 amide bonds. The molecule has 0 aromatic heterocycles. The molecule has 74 valence electrons. The van der Waals surface area contributed by atoms with Gasteiger partial charge in [-0.1, -0.05) is 44.9 Å². The van der Waals surface area contributed by atoms with Crippen LogP contribution in [-0.2, 0) is 9.53 Å². The van der Waals surface area contributed by atoms with E-state index in [4.69, 9.17) is 0 Å². The highest BCUT2D eigenvalue weighted by molar-refractivity contribution is 5.39. The fourth-order valence-electron chi connectivity index (χ4n) is 1.11. The molecule has 0 aromatic rings. The summed E-state index contributed by atoms with van der Waals surface area (Å²) in [4.78, 5) is 9.69. The van der Waals surface area contributed by atoms with Crippen molar-refractivity contribution in [1.82, 2.24) is 0 Å². The van der Waals surface area contributed by atoms with E-state index >= 15 is 0 Å². The lowest BCUT2D eigenvalue weighted by atomic mass is 10.1. The Labute approximate surface area is 80.7 Å². The molecule has 2 nitrogen and oxygen atoms in total. The Kier molecular flexibility index (Phi) is 10.2. The van der Waals surface area contributed by atoms with Crippen molar-refractivity contribution in [2.75, 3.05) is 0 Å². The summed E-state index contributed by atoms with van der Waals surface area (Å²) in [6.45, 7) is 2.57. The third-order valence-corrected chi connectivity index (χ3v) is 1.83. The lowest BCUT2D eigenvalue weighted by Crippen LogP contribution is -1.78. The van der Waals surface area contributed by atoms with E-state index in [9.17, 15) is 4.79 Å². The van der Waals surface area contributed by atoms with Gasteiger partial charge in [0.15, 0.2) is 0 Å². The summed E-state index contributed by atoms with van der Waals surface area (Å²) >= 11 is 0. The molecule has 0 aromatic carbocycles. The highest BCUT2D eigenvalue weighted by Gasteiger charge is 1.87. The molecule has 0 saturated heterocycles. The van der Waals surface area contributed by atoms with Gasteiger partial charge in [-0.25, -0.2) is 0 Å². The van der Waals surface area contributed by atoms with Crippen LogP contribution in [0.25, 0.3) is 0 Å². The third-order valence-electron chi connectivity index (χ3n) is 1.83. The van der Waals surface area contributed by atoms with Crippen LogP contribution in [0.15, 0.2) is 0 Å². The van der Waals surface area contributed by atoms with Crippen molar-refractivity contribution in [3.8, 4) is 12.0 Å². The molecule has 0 radical (unpaired) electrons. The topological polar surface area (TPSA) is 26.3 Å². The summed E-state index contributed by atoms with van der Waals surface area (Å²) in [6, 6.07) is 0. The van der Waals surface area contributed by atoms with E-state index in [0.29, 0.717) is 6.47 Å². The highest BCUT2D eigenvalue weighted by Crippen LogP contribution is 2.05. The number of ether oxygens (including phenoxy) is 1. The van der Waals surface area contributed by atoms with E-state index in [-0.39, 0.29) is 0 Å². The second-order valence-corrected chi connectivity index (χ2v) is 3.01. The van der Waals surface area contributed by atoms with Gasteiger partial charge in [0.25, 0.3) is 0 Å². The minimum absolute atomic E-state index is 0.355. The predicted molar refractivity (Wildman–Crippen MR) is 52.9 cm³/mol. The monoisotopic (exact) mass is 182 g/mol. The van der Waals surface area contributed by atoms with Gasteiger partial charge in [0.1, 0.15) is 6.11 Å². The summed E-state index contributed by atoms with van der Waals surface area (Å²) in [5.41, 5.74) is 0. The highest BCUT2D eigenvalue weighted by atomic mass is 16.5. The van der Waals surface area contributed by atoms with Gasteiger partial charge in [0.05, 0.1) is 0 Å². The van der Waals surface area contributed by atoms with Crippen LogP contribution in [0, 0.1) is 12.0 Å². The van der Waals surface area contributed by atoms with Gasteiger partial charge < -0.3 is 4.74 Å². The van der Waals surface area contributed by atoms with Crippen LogP contribution in [0.3, 0.4) is 0 Å². The van der Waals surface area contributed by atoms with Crippen LogP contribution in [0.1, 0.15) is 51.9 Å². The first-order chi connectivity index (χ1) is 6.41. The molecule has 0 saturated carbocycles. The van der Waals surface area contributed by atoms with Crippen LogP contribution in [-0.4, -0.2) is 6.47 Å². The Balaban J connectivity index is 3.00. The van der Waals surface area contributed by atoms with Crippen molar-refractivity contribution in [3.63, 3.8) is 0 Å². The maximum Gasteiger partial charge on any atom is 0.307 e. The SMILES string of the molecule is CCCCCCCCC#COC=O. The van der Waals surface area contributed by atoms with Gasteiger partial charge in [0.2, 0.25) is 0 Å². The van der Waals surface area contributed by atoms with Crippen molar-refractivity contribution >= 4 is 6.47 Å². The summed E-state index contributed by atoms with van der Waals surface area (Å²) in [7, 11) is 0. The lowest BCUT2D eigenvalue weighted by Gasteiger charge is -1.96. The van der Waals surface area contributed by atoms with Crippen molar-refractivity contribution < 1.29 is 9.53 Å². The molecule has 2 heteroatoms. The molecule has 0 fully saturated rings. The van der Waals surface area contributed by atoms with E-state index in [0.717, 1.165) is 12.8 Å². The Hall–Kier alpha value is -0.970. The average Bonchev–Trinajstić information content (AvgIpc) is 2.16. The Morgan fingerprint density at radius 3 is 2.54 bits per heavy atom. The van der Waals surface area contributed by atoms with Crippen LogP contribution in [0.2, 0.25) is 0 Å². The van der Waals surface area contributed by atoms with E-state index in [1.165, 1.54) is 32.1 Å². The van der Waals surface area contributed by atoms with Crippen molar-refractivity contribution in [2.45, 2.75) is 51.9 Å². The summed E-state index contributed by atoms with van der Waals surface area (Å²) in [5, 5.41) is 0. The number of carbonyl (C=O) groups excluding carboxylic acids is 1. The van der Waals surface area contributed by atoms with Gasteiger partial charge in [-0.3, -0.25) is 4.79 Å². The van der Waals surface area contributed by atoms with Crippen LogP contribution in [0.5, 0.6) is 0 Å². The smallest absolute Gasteiger partial charge is 0.307 e. The first-order valence-electron chi connectivity index (χ1n) is 4.99. The van der Waals surface area contributed by atoms with Crippen molar-refractivity contribution in [1.29, 1.82) is 0 Å². The number of rotatable bonds is 7. The van der Waals surface area contributed by atoms with E-state index in [1.807, 2.05) is 0 Å². The van der Waals surface area contributed by atoms with Gasteiger partial charge in [-0.05, 0) is 6.42 Å². The Morgan fingerprint density at radius 2 is 1.85 bits per heavy atom. The van der Waals surface area contributed by atoms with Gasteiger partial charge in [-0.2, -0.15) is 0 Å². The second kappa shape index (κ2) is 11.0. The minimum atomic E-state index is 0.355. The van der Waals surface area contributed by atoms with Gasteiger partial charge in [0, 0.05) is 6.42 Å². The molecule has 0 aliphatic rings. The number of unbranched alkanes of at least 4 members (excludes halogenated alkanes) is 6. The average molecular weight is 182 g/mol. The predicted octanol–water partition coefficient (Wildman–Crippen LogP) is 2.87. The molecule has 0 spiro atoms. The first kappa shape index (κ1) is 12.0. The maximum absolute atomic E-state index is 9.69. The standard InChI is InChI=1S/C11H18O2/c1-2-3-4-5-6-7-8-9-10-13-11-12/h11H,2-8H2,1H3. The largest absolute Gasteiger partial charge is 0.375 e. The summed E-state index contributed by atoms with van der Waals surface area (Å²) in [5.74, 6) is 2.77. The second-order valence-electron chi connectivity index (χ2n) is 3.01. The van der Waals surface area contributed by atoms with Crippen molar-refractivity contribution in [2.24, 2.45) is 0 Å². The molecule has 0 rings (SSSR count). The van der Waals surface area contributed by atoms with Gasteiger partial charge >= 0.3 is 6.47 Å². The zero-order valence-electron chi connectivity index (χ0n) is 8.34. The van der Waals surface area contributed by atoms with E-state index < -0.39 is 0 Å². The molecule has 0 aliphatic heterocycles. The maximum atomic E-state index is 9.69. The molecule has 0 bridgehead atoms. The number of hydrogen-bond donors (Lipinski definition) is 0. The fraction of sp³-hybridized carbons (Fsp3) is 0.727. The van der Waals surface area contributed by atoms with Gasteiger partial charge in [-0.15, -0.1) is 0 Å². The summed E-state index contributed by atoms with van der Waals surface area (Å²) in [6.07, 6.45) is 10.7. The quantitative estimate of drug-likeness (QED) is 0.344.